The first kappa shape index (κ1) is 13.6. The number of carbonyl (C=O) groups excluding carboxylic acids is 2. The number of nitrogens with zero attached hydrogens (tertiary/aromatic N) is 1. The average Bonchev–Trinajstić information content (AvgIpc) is 3.19. The van der Waals surface area contributed by atoms with Crippen LogP contribution in [0.1, 0.15) is 19.3 Å². The molecule has 5 heteroatoms. The van der Waals surface area contributed by atoms with Gasteiger partial charge in [-0.2, -0.15) is 0 Å². The van der Waals surface area contributed by atoms with E-state index in [1.54, 1.807) is 4.90 Å². The van der Waals surface area contributed by atoms with Crippen molar-refractivity contribution in [3.63, 3.8) is 0 Å². The van der Waals surface area contributed by atoms with Crippen LogP contribution in [0.4, 0.5) is 5.69 Å². The molecule has 1 saturated carbocycles. The highest BCUT2D eigenvalue weighted by atomic mass is 79.9. The Hall–Kier alpha value is -1.36. The molecule has 0 spiro atoms. The van der Waals surface area contributed by atoms with E-state index in [2.05, 4.69) is 21.2 Å². The zero-order valence-electron chi connectivity index (χ0n) is 11.1. The molecule has 0 aromatic heterocycles. The van der Waals surface area contributed by atoms with Crippen LogP contribution < -0.4 is 10.2 Å². The number of hydrogen-bond donors (Lipinski definition) is 1. The first-order chi connectivity index (χ1) is 9.65. The summed E-state index contributed by atoms with van der Waals surface area (Å²) in [5.41, 5.74) is 0.857. The highest BCUT2D eigenvalue weighted by Gasteiger charge is 2.37. The molecule has 3 rings (SSSR count). The Morgan fingerprint density at radius 1 is 1.25 bits per heavy atom. The van der Waals surface area contributed by atoms with E-state index in [1.165, 1.54) is 12.8 Å². The lowest BCUT2D eigenvalue weighted by molar-refractivity contribution is -0.132. The van der Waals surface area contributed by atoms with Crippen LogP contribution in [0.5, 0.6) is 0 Å². The van der Waals surface area contributed by atoms with Crippen LogP contribution in [0.25, 0.3) is 0 Å². The second-order valence-corrected chi connectivity index (χ2v) is 6.41. The van der Waals surface area contributed by atoms with E-state index in [-0.39, 0.29) is 11.8 Å². The molecule has 1 N–H and O–H groups in total. The molecular formula is C15H17BrN2O2. The predicted molar refractivity (Wildman–Crippen MR) is 80.3 cm³/mol. The van der Waals surface area contributed by atoms with Crippen molar-refractivity contribution < 1.29 is 9.59 Å². The number of carbonyl (C=O) groups is 2. The first-order valence-electron chi connectivity index (χ1n) is 7.00. The van der Waals surface area contributed by atoms with Gasteiger partial charge in [0.25, 0.3) is 0 Å². The zero-order valence-corrected chi connectivity index (χ0v) is 12.7. The molecule has 1 atom stereocenters. The molecule has 1 saturated heterocycles. The van der Waals surface area contributed by atoms with Crippen LogP contribution in [0, 0.1) is 11.8 Å². The van der Waals surface area contributed by atoms with E-state index in [4.69, 9.17) is 0 Å². The quantitative estimate of drug-likeness (QED) is 0.858. The molecule has 1 aliphatic heterocycles. The normalized spacial score (nSPS) is 22.1. The number of benzene rings is 1. The molecule has 20 heavy (non-hydrogen) atoms. The van der Waals surface area contributed by atoms with Crippen molar-refractivity contribution >= 4 is 33.4 Å². The van der Waals surface area contributed by atoms with Gasteiger partial charge in [-0.1, -0.05) is 15.9 Å². The summed E-state index contributed by atoms with van der Waals surface area (Å²) in [6.07, 6.45) is 3.00. The smallest absolute Gasteiger partial charge is 0.239 e. The fourth-order valence-corrected chi connectivity index (χ4v) is 2.76. The lowest BCUT2D eigenvalue weighted by Crippen LogP contribution is -2.37. The van der Waals surface area contributed by atoms with Gasteiger partial charge in [-0.25, -0.2) is 0 Å². The van der Waals surface area contributed by atoms with Crippen LogP contribution in [0.2, 0.25) is 0 Å². The third-order valence-electron chi connectivity index (χ3n) is 3.92. The largest absolute Gasteiger partial charge is 0.355 e. The molecular weight excluding hydrogens is 320 g/mol. The molecule has 2 fully saturated rings. The number of rotatable bonds is 4. The third-order valence-corrected chi connectivity index (χ3v) is 4.45. The molecule has 2 aliphatic rings. The molecule has 1 aromatic carbocycles. The topological polar surface area (TPSA) is 49.4 Å². The van der Waals surface area contributed by atoms with Crippen LogP contribution in [0.15, 0.2) is 28.7 Å². The van der Waals surface area contributed by atoms with E-state index in [9.17, 15) is 9.59 Å². The SMILES string of the molecule is O=C(NCC1CC1)[C@@H]1CCN(c2ccc(Br)cc2)C1=O. The molecule has 1 aromatic rings. The Balaban J connectivity index is 1.63. The Kier molecular flexibility index (Phi) is 3.78. The van der Waals surface area contributed by atoms with E-state index >= 15 is 0 Å². The summed E-state index contributed by atoms with van der Waals surface area (Å²) >= 11 is 3.38. The summed E-state index contributed by atoms with van der Waals surface area (Å²) < 4.78 is 0.978. The minimum atomic E-state index is -0.516. The Labute approximate surface area is 126 Å². The highest BCUT2D eigenvalue weighted by molar-refractivity contribution is 9.10. The summed E-state index contributed by atoms with van der Waals surface area (Å²) in [6.45, 7) is 1.34. The van der Waals surface area contributed by atoms with E-state index in [0.29, 0.717) is 18.9 Å². The fourth-order valence-electron chi connectivity index (χ4n) is 2.49. The number of amides is 2. The van der Waals surface area contributed by atoms with Crippen molar-refractivity contribution in [2.45, 2.75) is 19.3 Å². The molecule has 0 unspecified atom stereocenters. The molecule has 2 amide bonds. The maximum atomic E-state index is 12.3. The first-order valence-corrected chi connectivity index (χ1v) is 7.79. The van der Waals surface area contributed by atoms with E-state index < -0.39 is 5.92 Å². The Morgan fingerprint density at radius 3 is 2.60 bits per heavy atom. The maximum absolute atomic E-state index is 12.3. The second-order valence-electron chi connectivity index (χ2n) is 5.50. The van der Waals surface area contributed by atoms with Gasteiger partial charge >= 0.3 is 0 Å². The van der Waals surface area contributed by atoms with E-state index in [0.717, 1.165) is 16.7 Å². The number of nitrogens with one attached hydrogen (secondary N) is 1. The van der Waals surface area contributed by atoms with Crippen molar-refractivity contribution in [1.82, 2.24) is 5.32 Å². The van der Waals surface area contributed by atoms with Gasteiger partial charge in [0.15, 0.2) is 0 Å². The minimum Gasteiger partial charge on any atom is -0.355 e. The van der Waals surface area contributed by atoms with Gasteiger partial charge < -0.3 is 10.2 Å². The monoisotopic (exact) mass is 336 g/mol. The standard InChI is InChI=1S/C15H17BrN2O2/c16-11-3-5-12(6-4-11)18-8-7-13(15(18)20)14(19)17-9-10-1-2-10/h3-6,10,13H,1-2,7-9H2,(H,17,19)/t13-/m0/s1. The molecule has 106 valence electrons. The molecule has 0 bridgehead atoms. The van der Waals surface area contributed by atoms with Gasteiger partial charge in [-0.3, -0.25) is 9.59 Å². The summed E-state index contributed by atoms with van der Waals surface area (Å²) in [5.74, 6) is -0.0717. The minimum absolute atomic E-state index is 0.0828. The number of anilines is 1. The van der Waals surface area contributed by atoms with Crippen molar-refractivity contribution in [3.05, 3.63) is 28.7 Å². The summed E-state index contributed by atoms with van der Waals surface area (Å²) in [5, 5.41) is 2.90. The van der Waals surface area contributed by atoms with Crippen molar-refractivity contribution in [2.75, 3.05) is 18.0 Å². The third kappa shape index (κ3) is 2.87. The van der Waals surface area contributed by atoms with Crippen molar-refractivity contribution in [1.29, 1.82) is 0 Å². The van der Waals surface area contributed by atoms with Crippen molar-refractivity contribution in [3.8, 4) is 0 Å². The molecule has 4 nitrogen and oxygen atoms in total. The lowest BCUT2D eigenvalue weighted by Gasteiger charge is -2.16. The Bertz CT molecular complexity index is 525. The van der Waals surface area contributed by atoms with Gasteiger partial charge in [-0.05, 0) is 49.4 Å². The van der Waals surface area contributed by atoms with Gasteiger partial charge in [0.1, 0.15) is 5.92 Å². The molecule has 1 aliphatic carbocycles. The Morgan fingerprint density at radius 2 is 1.95 bits per heavy atom. The average molecular weight is 337 g/mol. The van der Waals surface area contributed by atoms with E-state index in [1.807, 2.05) is 24.3 Å². The maximum Gasteiger partial charge on any atom is 0.239 e. The predicted octanol–water partition coefficient (Wildman–Crippen LogP) is 2.33. The van der Waals surface area contributed by atoms with Gasteiger partial charge in [0.05, 0.1) is 0 Å². The van der Waals surface area contributed by atoms with Crippen LogP contribution in [0.3, 0.4) is 0 Å². The van der Waals surface area contributed by atoms with Gasteiger partial charge in [0.2, 0.25) is 11.8 Å². The summed E-state index contributed by atoms with van der Waals surface area (Å²) in [7, 11) is 0. The van der Waals surface area contributed by atoms with Crippen LogP contribution in [-0.2, 0) is 9.59 Å². The van der Waals surface area contributed by atoms with Gasteiger partial charge in [-0.15, -0.1) is 0 Å². The summed E-state index contributed by atoms with van der Waals surface area (Å²) in [4.78, 5) is 26.1. The zero-order chi connectivity index (χ0) is 14.1. The number of hydrogen-bond acceptors (Lipinski definition) is 2. The second kappa shape index (κ2) is 5.56. The van der Waals surface area contributed by atoms with Crippen LogP contribution >= 0.6 is 15.9 Å². The van der Waals surface area contributed by atoms with Crippen LogP contribution in [-0.4, -0.2) is 24.9 Å². The van der Waals surface area contributed by atoms with Crippen molar-refractivity contribution in [2.24, 2.45) is 11.8 Å². The number of halogens is 1. The van der Waals surface area contributed by atoms with Gasteiger partial charge in [0, 0.05) is 23.2 Å². The molecule has 1 heterocycles. The molecule has 0 radical (unpaired) electrons. The fraction of sp³-hybridized carbons (Fsp3) is 0.467. The summed E-state index contributed by atoms with van der Waals surface area (Å²) in [6, 6.07) is 7.60. The lowest BCUT2D eigenvalue weighted by atomic mass is 10.1. The highest BCUT2D eigenvalue weighted by Crippen LogP contribution is 2.29.